The highest BCUT2D eigenvalue weighted by molar-refractivity contribution is 6.04. The minimum atomic E-state index is -1.03. The van der Waals surface area contributed by atoms with E-state index in [1.807, 2.05) is 36.4 Å². The highest BCUT2D eigenvalue weighted by Crippen LogP contribution is 2.27. The Morgan fingerprint density at radius 2 is 1.65 bits per heavy atom. The number of rotatable bonds is 5. The lowest BCUT2D eigenvalue weighted by atomic mass is 10.0. The molecule has 0 unspecified atom stereocenters. The summed E-state index contributed by atoms with van der Waals surface area (Å²) >= 11 is 0. The number of nitrogens with one attached hydrogen (secondary N) is 2. The molecule has 8 heteroatoms. The number of fused-ring (bicyclic) bond motifs is 4. The van der Waals surface area contributed by atoms with E-state index in [9.17, 15) is 14.4 Å². The molecule has 0 fully saturated rings. The van der Waals surface area contributed by atoms with Crippen molar-refractivity contribution < 1.29 is 23.5 Å². The molecule has 0 aliphatic heterocycles. The van der Waals surface area contributed by atoms with E-state index < -0.39 is 29.3 Å². The van der Waals surface area contributed by atoms with Gasteiger partial charge in [-0.3, -0.25) is 0 Å². The number of carbonyl (C=O) groups excluding carboxylic acids is 2. The molecular formula is C29H26N2O6. The first-order valence-corrected chi connectivity index (χ1v) is 11.9. The first-order valence-electron chi connectivity index (χ1n) is 11.9. The van der Waals surface area contributed by atoms with Gasteiger partial charge < -0.3 is 24.2 Å². The molecule has 0 spiro atoms. The van der Waals surface area contributed by atoms with Crippen molar-refractivity contribution in [1.29, 1.82) is 0 Å². The van der Waals surface area contributed by atoms with Gasteiger partial charge in [-0.15, -0.1) is 0 Å². The predicted octanol–water partition coefficient (Wildman–Crippen LogP) is 5.47. The van der Waals surface area contributed by atoms with Crippen molar-refractivity contribution in [3.05, 3.63) is 88.9 Å². The summed E-state index contributed by atoms with van der Waals surface area (Å²) in [4.78, 5) is 41.4. The van der Waals surface area contributed by atoms with Crippen molar-refractivity contribution in [2.45, 2.75) is 38.8 Å². The molecule has 8 nitrogen and oxygen atoms in total. The summed E-state index contributed by atoms with van der Waals surface area (Å²) in [6.45, 7) is 5.23. The van der Waals surface area contributed by atoms with Crippen molar-refractivity contribution in [3.63, 3.8) is 0 Å². The van der Waals surface area contributed by atoms with Crippen LogP contribution in [0.2, 0.25) is 0 Å². The van der Waals surface area contributed by atoms with E-state index in [1.54, 1.807) is 51.2 Å². The summed E-state index contributed by atoms with van der Waals surface area (Å²) in [5.74, 6) is -0.496. The second kappa shape index (κ2) is 9.46. The smallest absolute Gasteiger partial charge is 0.408 e. The Morgan fingerprint density at radius 3 is 2.41 bits per heavy atom. The van der Waals surface area contributed by atoms with Crippen molar-refractivity contribution in [1.82, 2.24) is 10.3 Å². The van der Waals surface area contributed by atoms with Crippen LogP contribution in [-0.4, -0.2) is 28.7 Å². The monoisotopic (exact) mass is 498 g/mol. The van der Waals surface area contributed by atoms with Crippen LogP contribution in [0.3, 0.4) is 0 Å². The van der Waals surface area contributed by atoms with Crippen LogP contribution in [0.15, 0.2) is 82.1 Å². The van der Waals surface area contributed by atoms with Crippen molar-refractivity contribution in [3.8, 4) is 5.75 Å². The van der Waals surface area contributed by atoms with E-state index in [1.165, 1.54) is 6.07 Å². The number of para-hydroxylation sites is 1. The van der Waals surface area contributed by atoms with Gasteiger partial charge in [0.25, 0.3) is 0 Å². The molecular weight excluding hydrogens is 472 g/mol. The molecule has 37 heavy (non-hydrogen) atoms. The first-order chi connectivity index (χ1) is 17.7. The zero-order valence-corrected chi connectivity index (χ0v) is 20.7. The topological polar surface area (TPSA) is 111 Å². The largest absolute Gasteiger partial charge is 0.444 e. The number of hydrogen-bond donors (Lipinski definition) is 2. The standard InChI is InChI=1S/C29H26N2O6/c1-29(2,3)37-28(34)31-24(14-17-16-30-23-11-7-6-8-19(17)23)27(33)35-18-12-13-21-20-9-4-5-10-22(20)26(32)36-25(21)15-18/h4-13,15-16,24,30H,14H2,1-3H3,(H,31,34)/t24-/m0/s1. The van der Waals surface area contributed by atoms with Crippen LogP contribution in [0.5, 0.6) is 5.75 Å². The molecule has 2 N–H and O–H groups in total. The molecule has 2 heterocycles. The van der Waals surface area contributed by atoms with Gasteiger partial charge in [-0.05, 0) is 56.0 Å². The van der Waals surface area contributed by atoms with E-state index in [-0.39, 0.29) is 12.2 Å². The zero-order chi connectivity index (χ0) is 26.2. The minimum Gasteiger partial charge on any atom is -0.444 e. The van der Waals surface area contributed by atoms with Crippen molar-refractivity contribution in [2.75, 3.05) is 0 Å². The molecule has 188 valence electrons. The fourth-order valence-corrected chi connectivity index (χ4v) is 4.27. The first kappa shape index (κ1) is 24.1. The van der Waals surface area contributed by atoms with E-state index in [4.69, 9.17) is 13.9 Å². The van der Waals surface area contributed by atoms with Gasteiger partial charge in [0.05, 0.1) is 5.39 Å². The SMILES string of the molecule is CC(C)(C)OC(=O)N[C@@H](Cc1c[nH]c2ccccc12)C(=O)Oc1ccc2c(c1)oc(=O)c1ccccc12. The maximum Gasteiger partial charge on any atom is 0.408 e. The molecule has 5 rings (SSSR count). The summed E-state index contributed by atoms with van der Waals surface area (Å²) in [6, 6.07) is 18.7. The fourth-order valence-electron chi connectivity index (χ4n) is 4.27. The van der Waals surface area contributed by atoms with E-state index in [2.05, 4.69) is 10.3 Å². The van der Waals surface area contributed by atoms with Crippen LogP contribution in [0.25, 0.3) is 32.6 Å². The average molecular weight is 499 g/mol. The third-order valence-corrected chi connectivity index (χ3v) is 5.89. The summed E-state index contributed by atoms with van der Waals surface area (Å²) in [6.07, 6.45) is 1.25. The second-order valence-electron chi connectivity index (χ2n) is 9.78. The lowest BCUT2D eigenvalue weighted by Crippen LogP contribution is -2.46. The lowest BCUT2D eigenvalue weighted by Gasteiger charge is -2.23. The quantitative estimate of drug-likeness (QED) is 0.144. The molecule has 0 aliphatic carbocycles. The van der Waals surface area contributed by atoms with Crippen molar-refractivity contribution >= 4 is 44.7 Å². The Labute approximate surface area is 212 Å². The van der Waals surface area contributed by atoms with Crippen LogP contribution < -0.4 is 15.7 Å². The van der Waals surface area contributed by atoms with E-state index >= 15 is 0 Å². The number of aromatic nitrogens is 1. The second-order valence-corrected chi connectivity index (χ2v) is 9.78. The summed E-state index contributed by atoms with van der Waals surface area (Å²) in [7, 11) is 0. The Hall–Kier alpha value is -4.59. The van der Waals surface area contributed by atoms with E-state index in [0.717, 1.165) is 27.2 Å². The number of aromatic amines is 1. The molecule has 1 atom stereocenters. The Morgan fingerprint density at radius 1 is 0.946 bits per heavy atom. The normalized spacial score (nSPS) is 12.5. The summed E-state index contributed by atoms with van der Waals surface area (Å²) < 4.78 is 16.5. The van der Waals surface area contributed by atoms with Crippen LogP contribution in [0, 0.1) is 0 Å². The lowest BCUT2D eigenvalue weighted by molar-refractivity contribution is -0.136. The van der Waals surface area contributed by atoms with Gasteiger partial charge in [-0.25, -0.2) is 14.4 Å². The molecule has 0 bridgehead atoms. The molecule has 5 aromatic rings. The Bertz CT molecular complexity index is 1690. The van der Waals surface area contributed by atoms with Gasteiger partial charge in [0.15, 0.2) is 0 Å². The minimum absolute atomic E-state index is 0.176. The van der Waals surface area contributed by atoms with E-state index in [0.29, 0.717) is 11.0 Å². The number of H-pyrrole nitrogens is 1. The molecule has 0 radical (unpaired) electrons. The molecule has 1 amide bonds. The molecule has 0 saturated carbocycles. The van der Waals surface area contributed by atoms with Gasteiger partial charge in [-0.2, -0.15) is 0 Å². The summed E-state index contributed by atoms with van der Waals surface area (Å²) in [5, 5.41) is 5.52. The maximum atomic E-state index is 13.3. The van der Waals surface area contributed by atoms with Gasteiger partial charge in [-0.1, -0.05) is 36.4 Å². The van der Waals surface area contributed by atoms with Crippen LogP contribution in [0.1, 0.15) is 26.3 Å². The van der Waals surface area contributed by atoms with Crippen LogP contribution in [0.4, 0.5) is 4.79 Å². The molecule has 2 aromatic heterocycles. The maximum absolute atomic E-state index is 13.3. The number of amides is 1. The van der Waals surface area contributed by atoms with Crippen LogP contribution in [-0.2, 0) is 16.0 Å². The highest BCUT2D eigenvalue weighted by atomic mass is 16.6. The highest BCUT2D eigenvalue weighted by Gasteiger charge is 2.27. The Kier molecular flexibility index (Phi) is 6.17. The van der Waals surface area contributed by atoms with Gasteiger partial charge in [0.2, 0.25) is 0 Å². The predicted molar refractivity (Wildman–Crippen MR) is 141 cm³/mol. The number of hydrogen-bond acceptors (Lipinski definition) is 6. The number of alkyl carbamates (subject to hydrolysis) is 1. The van der Waals surface area contributed by atoms with Crippen molar-refractivity contribution in [2.24, 2.45) is 0 Å². The number of ether oxygens (including phenoxy) is 2. The number of carbonyl (C=O) groups is 2. The Balaban J connectivity index is 1.44. The molecule has 0 saturated heterocycles. The third-order valence-electron chi connectivity index (χ3n) is 5.89. The van der Waals surface area contributed by atoms with Gasteiger partial charge in [0, 0.05) is 35.0 Å². The fraction of sp³-hybridized carbons (Fsp3) is 0.207. The van der Waals surface area contributed by atoms with Crippen LogP contribution >= 0.6 is 0 Å². The molecule has 0 aliphatic rings. The third kappa shape index (κ3) is 5.18. The van der Waals surface area contributed by atoms with Gasteiger partial charge >= 0.3 is 17.7 Å². The number of esters is 1. The zero-order valence-electron chi connectivity index (χ0n) is 20.7. The number of benzene rings is 3. The summed E-state index contributed by atoms with van der Waals surface area (Å²) in [5.41, 5.74) is 0.832. The van der Waals surface area contributed by atoms with Gasteiger partial charge in [0.1, 0.15) is 23.0 Å². The average Bonchev–Trinajstić information content (AvgIpc) is 3.25. The molecule has 3 aromatic carbocycles.